The molecule has 0 aliphatic carbocycles. The zero-order chi connectivity index (χ0) is 13.4. The maximum atomic E-state index is 5.53. The first kappa shape index (κ1) is 15.2. The Morgan fingerprint density at radius 1 is 1.17 bits per heavy atom. The summed E-state index contributed by atoms with van der Waals surface area (Å²) in [6.45, 7) is 8.68. The van der Waals surface area contributed by atoms with Crippen molar-refractivity contribution in [1.82, 2.24) is 10.2 Å². The summed E-state index contributed by atoms with van der Waals surface area (Å²) in [5.74, 6) is 0. The van der Waals surface area contributed by atoms with Crippen LogP contribution < -0.4 is 5.32 Å². The van der Waals surface area contributed by atoms with Crippen LogP contribution in [0.25, 0.3) is 0 Å². The average Bonchev–Trinajstić information content (AvgIpc) is 2.30. The third-order valence-corrected chi connectivity index (χ3v) is 2.92. The lowest BCUT2D eigenvalue weighted by atomic mass is 10.1. The first-order chi connectivity index (χ1) is 8.59. The van der Waals surface area contributed by atoms with Gasteiger partial charge in [0.25, 0.3) is 0 Å². The third-order valence-electron chi connectivity index (χ3n) is 2.92. The maximum absolute atomic E-state index is 5.53. The number of rotatable bonds is 8. The van der Waals surface area contributed by atoms with Crippen LogP contribution >= 0.6 is 0 Å². The van der Waals surface area contributed by atoms with Crippen LogP contribution in [0.15, 0.2) is 18.2 Å². The van der Waals surface area contributed by atoms with E-state index in [0.717, 1.165) is 32.8 Å². The van der Waals surface area contributed by atoms with E-state index in [1.165, 1.54) is 16.7 Å². The van der Waals surface area contributed by atoms with E-state index in [1.807, 2.05) is 0 Å². The maximum Gasteiger partial charge on any atom is 0.0593 e. The summed E-state index contributed by atoms with van der Waals surface area (Å²) in [5.41, 5.74) is 4.05. The van der Waals surface area contributed by atoms with Gasteiger partial charge in [-0.15, -0.1) is 0 Å². The summed E-state index contributed by atoms with van der Waals surface area (Å²) in [4.78, 5) is 2.13. The van der Waals surface area contributed by atoms with Gasteiger partial charge in [-0.3, -0.25) is 0 Å². The highest BCUT2D eigenvalue weighted by atomic mass is 16.5. The molecule has 0 saturated carbocycles. The number of ether oxygens (including phenoxy) is 1. The summed E-state index contributed by atoms with van der Waals surface area (Å²) < 4.78 is 5.53. The Hall–Kier alpha value is -0.900. The molecule has 0 heterocycles. The van der Waals surface area contributed by atoms with E-state index in [-0.39, 0.29) is 0 Å². The Bertz CT molecular complexity index is 350. The second-order valence-electron chi connectivity index (χ2n) is 5.02. The van der Waals surface area contributed by atoms with Crippen molar-refractivity contribution in [2.45, 2.75) is 20.4 Å². The highest BCUT2D eigenvalue weighted by Crippen LogP contribution is 2.09. The molecule has 0 aliphatic heterocycles. The molecule has 0 fully saturated rings. The Morgan fingerprint density at radius 3 is 2.61 bits per heavy atom. The summed E-state index contributed by atoms with van der Waals surface area (Å²) in [7, 11) is 4.11. The molecule has 0 unspecified atom stereocenters. The lowest BCUT2D eigenvalue weighted by Crippen LogP contribution is -2.23. The number of likely N-dealkylation sites (N-methyl/N-ethyl adjacent to an activating group) is 1. The van der Waals surface area contributed by atoms with Crippen LogP contribution in [0.5, 0.6) is 0 Å². The van der Waals surface area contributed by atoms with Crippen LogP contribution in [0.3, 0.4) is 0 Å². The second-order valence-corrected chi connectivity index (χ2v) is 5.02. The molecule has 0 spiro atoms. The van der Waals surface area contributed by atoms with Crippen molar-refractivity contribution >= 4 is 0 Å². The number of aryl methyl sites for hydroxylation is 2. The summed E-state index contributed by atoms with van der Waals surface area (Å²) in [6.07, 6.45) is 0. The molecule has 18 heavy (non-hydrogen) atoms. The SMILES string of the molecule is Cc1ccc(CNCCOCCN(C)C)c(C)c1. The smallest absolute Gasteiger partial charge is 0.0593 e. The molecular weight excluding hydrogens is 224 g/mol. The molecule has 1 rings (SSSR count). The van der Waals surface area contributed by atoms with Crippen LogP contribution in [0.1, 0.15) is 16.7 Å². The summed E-state index contributed by atoms with van der Waals surface area (Å²) in [6, 6.07) is 6.59. The lowest BCUT2D eigenvalue weighted by Gasteiger charge is -2.11. The molecule has 0 atom stereocenters. The van der Waals surface area contributed by atoms with E-state index in [2.05, 4.69) is 56.4 Å². The molecule has 102 valence electrons. The van der Waals surface area contributed by atoms with E-state index < -0.39 is 0 Å². The van der Waals surface area contributed by atoms with Crippen LogP contribution in [-0.4, -0.2) is 45.3 Å². The van der Waals surface area contributed by atoms with Crippen LogP contribution in [0, 0.1) is 13.8 Å². The van der Waals surface area contributed by atoms with Crippen molar-refractivity contribution in [1.29, 1.82) is 0 Å². The Balaban J connectivity index is 2.11. The zero-order valence-corrected chi connectivity index (χ0v) is 12.1. The Labute approximate surface area is 111 Å². The fraction of sp³-hybridized carbons (Fsp3) is 0.600. The van der Waals surface area contributed by atoms with Crippen molar-refractivity contribution in [3.63, 3.8) is 0 Å². The first-order valence-corrected chi connectivity index (χ1v) is 6.59. The molecule has 0 aromatic heterocycles. The van der Waals surface area contributed by atoms with E-state index in [1.54, 1.807) is 0 Å². The largest absolute Gasteiger partial charge is 0.379 e. The van der Waals surface area contributed by atoms with Crippen LogP contribution in [0.4, 0.5) is 0 Å². The van der Waals surface area contributed by atoms with Crippen LogP contribution in [0.2, 0.25) is 0 Å². The van der Waals surface area contributed by atoms with Gasteiger partial charge in [0.2, 0.25) is 0 Å². The number of benzene rings is 1. The van der Waals surface area contributed by atoms with Gasteiger partial charge in [0.05, 0.1) is 13.2 Å². The first-order valence-electron chi connectivity index (χ1n) is 6.59. The highest BCUT2D eigenvalue weighted by molar-refractivity contribution is 5.30. The predicted molar refractivity (Wildman–Crippen MR) is 77.0 cm³/mol. The molecule has 0 bridgehead atoms. The van der Waals surface area contributed by atoms with Gasteiger partial charge in [-0.2, -0.15) is 0 Å². The number of nitrogens with one attached hydrogen (secondary N) is 1. The monoisotopic (exact) mass is 250 g/mol. The molecule has 1 aromatic carbocycles. The van der Waals surface area contributed by atoms with Crippen molar-refractivity contribution in [2.24, 2.45) is 0 Å². The van der Waals surface area contributed by atoms with Gasteiger partial charge in [0.15, 0.2) is 0 Å². The van der Waals surface area contributed by atoms with Gasteiger partial charge in [0.1, 0.15) is 0 Å². The molecule has 0 radical (unpaired) electrons. The molecular formula is C15H26N2O. The quantitative estimate of drug-likeness (QED) is 0.714. The predicted octanol–water partition coefficient (Wildman–Crippen LogP) is 1.97. The molecule has 1 N–H and O–H groups in total. The zero-order valence-electron chi connectivity index (χ0n) is 12.1. The minimum absolute atomic E-state index is 0.777. The van der Waals surface area contributed by atoms with E-state index in [0.29, 0.717) is 0 Å². The number of hydrogen-bond donors (Lipinski definition) is 1. The van der Waals surface area contributed by atoms with Crippen molar-refractivity contribution in [3.8, 4) is 0 Å². The third kappa shape index (κ3) is 6.15. The standard InChI is InChI=1S/C15H26N2O/c1-13-5-6-15(14(2)11-13)12-16-7-9-18-10-8-17(3)4/h5-6,11,16H,7-10,12H2,1-4H3. The molecule has 0 saturated heterocycles. The summed E-state index contributed by atoms with van der Waals surface area (Å²) >= 11 is 0. The van der Waals surface area contributed by atoms with Crippen molar-refractivity contribution in [3.05, 3.63) is 34.9 Å². The fourth-order valence-electron chi connectivity index (χ4n) is 1.76. The molecule has 0 amide bonds. The minimum Gasteiger partial charge on any atom is -0.379 e. The molecule has 3 nitrogen and oxygen atoms in total. The van der Waals surface area contributed by atoms with Gasteiger partial charge in [-0.1, -0.05) is 23.8 Å². The van der Waals surface area contributed by atoms with Gasteiger partial charge < -0.3 is 15.0 Å². The van der Waals surface area contributed by atoms with Crippen molar-refractivity contribution < 1.29 is 4.74 Å². The normalized spacial score (nSPS) is 11.2. The number of nitrogens with zero attached hydrogens (tertiary/aromatic N) is 1. The van der Waals surface area contributed by atoms with E-state index in [4.69, 9.17) is 4.74 Å². The highest BCUT2D eigenvalue weighted by Gasteiger charge is 1.98. The minimum atomic E-state index is 0.777. The lowest BCUT2D eigenvalue weighted by molar-refractivity contribution is 0.119. The van der Waals surface area contributed by atoms with Gasteiger partial charge >= 0.3 is 0 Å². The van der Waals surface area contributed by atoms with Gasteiger partial charge in [-0.25, -0.2) is 0 Å². The van der Waals surface area contributed by atoms with E-state index >= 15 is 0 Å². The Morgan fingerprint density at radius 2 is 1.94 bits per heavy atom. The number of hydrogen-bond acceptors (Lipinski definition) is 3. The average molecular weight is 250 g/mol. The summed E-state index contributed by atoms with van der Waals surface area (Å²) in [5, 5.41) is 3.41. The molecule has 1 aromatic rings. The molecule has 0 aliphatic rings. The van der Waals surface area contributed by atoms with Crippen molar-refractivity contribution in [2.75, 3.05) is 40.4 Å². The Kier molecular flexibility index (Phi) is 6.94. The molecule has 3 heteroatoms. The van der Waals surface area contributed by atoms with Gasteiger partial charge in [-0.05, 0) is 39.1 Å². The van der Waals surface area contributed by atoms with Gasteiger partial charge in [0, 0.05) is 19.6 Å². The second kappa shape index (κ2) is 8.25. The fourth-order valence-corrected chi connectivity index (χ4v) is 1.76. The topological polar surface area (TPSA) is 24.5 Å². The van der Waals surface area contributed by atoms with Crippen LogP contribution in [-0.2, 0) is 11.3 Å². The van der Waals surface area contributed by atoms with E-state index in [9.17, 15) is 0 Å².